The third kappa shape index (κ3) is 2.32. The zero-order valence-corrected chi connectivity index (χ0v) is 17.2. The van der Waals surface area contributed by atoms with Crippen LogP contribution < -0.4 is 0 Å². The SMILES string of the molecule is c1ccc(-n2c3ccccc3c3cc4c5ccccc5n(-c5ncccn5)c4cc32)cc1. The maximum atomic E-state index is 4.57. The van der Waals surface area contributed by atoms with Crippen LogP contribution in [0.2, 0.25) is 0 Å². The van der Waals surface area contributed by atoms with E-state index < -0.39 is 0 Å². The van der Waals surface area contributed by atoms with Crippen molar-refractivity contribution in [3.8, 4) is 11.6 Å². The van der Waals surface area contributed by atoms with Crippen LogP contribution in [0.5, 0.6) is 0 Å². The number of rotatable bonds is 2. The molecule has 0 radical (unpaired) electrons. The predicted octanol–water partition coefficient (Wildman–Crippen LogP) is 6.67. The molecule has 4 nitrogen and oxygen atoms in total. The highest BCUT2D eigenvalue weighted by Gasteiger charge is 2.18. The van der Waals surface area contributed by atoms with E-state index in [0.717, 1.165) is 16.7 Å². The third-order valence-corrected chi connectivity index (χ3v) is 6.23. The first-order valence-electron chi connectivity index (χ1n) is 10.7. The molecule has 3 heterocycles. The first kappa shape index (κ1) is 17.3. The van der Waals surface area contributed by atoms with Gasteiger partial charge in [0.05, 0.1) is 22.1 Å². The molecule has 32 heavy (non-hydrogen) atoms. The maximum absolute atomic E-state index is 4.57. The van der Waals surface area contributed by atoms with Crippen LogP contribution in [-0.4, -0.2) is 19.1 Å². The summed E-state index contributed by atoms with van der Waals surface area (Å²) in [5.41, 5.74) is 5.73. The Morgan fingerprint density at radius 3 is 1.69 bits per heavy atom. The van der Waals surface area contributed by atoms with E-state index in [2.05, 4.69) is 110 Å². The van der Waals surface area contributed by atoms with Gasteiger partial charge in [-0.1, -0.05) is 54.6 Å². The van der Waals surface area contributed by atoms with Gasteiger partial charge in [-0.15, -0.1) is 0 Å². The topological polar surface area (TPSA) is 35.6 Å². The average molecular weight is 410 g/mol. The monoisotopic (exact) mass is 410 g/mol. The fourth-order valence-corrected chi connectivity index (χ4v) is 4.91. The lowest BCUT2D eigenvalue weighted by molar-refractivity contribution is 0.988. The molecule has 0 bridgehead atoms. The van der Waals surface area contributed by atoms with E-state index in [0.29, 0.717) is 5.95 Å². The molecule has 0 aliphatic carbocycles. The molecular weight excluding hydrogens is 392 g/mol. The maximum Gasteiger partial charge on any atom is 0.234 e. The summed E-state index contributed by atoms with van der Waals surface area (Å²) in [6, 6.07) is 34.1. The van der Waals surface area contributed by atoms with Crippen LogP contribution in [0.1, 0.15) is 0 Å². The molecule has 7 rings (SSSR count). The summed E-state index contributed by atoms with van der Waals surface area (Å²) in [6.45, 7) is 0. The smallest absolute Gasteiger partial charge is 0.234 e. The third-order valence-electron chi connectivity index (χ3n) is 6.23. The second-order valence-corrected chi connectivity index (χ2v) is 7.98. The molecular formula is C28H18N4. The van der Waals surface area contributed by atoms with Gasteiger partial charge < -0.3 is 4.57 Å². The lowest BCUT2D eigenvalue weighted by atomic mass is 10.1. The van der Waals surface area contributed by atoms with Crippen molar-refractivity contribution in [2.24, 2.45) is 0 Å². The molecule has 4 heteroatoms. The quantitative estimate of drug-likeness (QED) is 0.319. The van der Waals surface area contributed by atoms with E-state index in [4.69, 9.17) is 0 Å². The minimum atomic E-state index is 0.681. The van der Waals surface area contributed by atoms with Crippen LogP contribution in [-0.2, 0) is 0 Å². The van der Waals surface area contributed by atoms with E-state index in [1.54, 1.807) is 12.4 Å². The van der Waals surface area contributed by atoms with Crippen LogP contribution in [0.15, 0.2) is 109 Å². The van der Waals surface area contributed by atoms with E-state index in [-0.39, 0.29) is 0 Å². The van der Waals surface area contributed by atoms with Crippen molar-refractivity contribution in [1.29, 1.82) is 0 Å². The van der Waals surface area contributed by atoms with Gasteiger partial charge >= 0.3 is 0 Å². The average Bonchev–Trinajstić information content (AvgIpc) is 3.36. The molecule has 0 saturated carbocycles. The molecule has 7 aromatic rings. The highest BCUT2D eigenvalue weighted by Crippen LogP contribution is 2.38. The van der Waals surface area contributed by atoms with Gasteiger partial charge in [-0.25, -0.2) is 9.97 Å². The van der Waals surface area contributed by atoms with E-state index in [1.807, 2.05) is 6.07 Å². The molecule has 0 saturated heterocycles. The number of para-hydroxylation sites is 3. The molecule has 0 unspecified atom stereocenters. The van der Waals surface area contributed by atoms with Crippen molar-refractivity contribution < 1.29 is 0 Å². The number of benzene rings is 4. The second kappa shape index (κ2) is 6.53. The number of nitrogens with zero attached hydrogens (tertiary/aromatic N) is 4. The summed E-state index contributed by atoms with van der Waals surface area (Å²) in [4.78, 5) is 9.14. The Bertz CT molecular complexity index is 1630. The molecule has 0 aliphatic heterocycles. The number of hydrogen-bond donors (Lipinski definition) is 0. The fraction of sp³-hybridized carbons (Fsp3) is 0. The summed E-state index contributed by atoms with van der Waals surface area (Å²) in [5, 5.41) is 4.90. The summed E-state index contributed by atoms with van der Waals surface area (Å²) in [6.07, 6.45) is 3.59. The zero-order valence-electron chi connectivity index (χ0n) is 17.2. The highest BCUT2D eigenvalue weighted by atomic mass is 15.1. The van der Waals surface area contributed by atoms with Crippen LogP contribution in [0.4, 0.5) is 0 Å². The Balaban J connectivity index is 1.71. The van der Waals surface area contributed by atoms with Crippen molar-refractivity contribution in [3.63, 3.8) is 0 Å². The first-order chi connectivity index (χ1) is 15.9. The van der Waals surface area contributed by atoms with Gasteiger partial charge in [0.15, 0.2) is 0 Å². The lowest BCUT2D eigenvalue weighted by Gasteiger charge is -2.08. The van der Waals surface area contributed by atoms with Gasteiger partial charge in [-0.2, -0.15) is 0 Å². The van der Waals surface area contributed by atoms with Crippen molar-refractivity contribution in [2.45, 2.75) is 0 Å². The Hall–Kier alpha value is -4.44. The fourth-order valence-electron chi connectivity index (χ4n) is 4.91. The van der Waals surface area contributed by atoms with Gasteiger partial charge in [0.25, 0.3) is 0 Å². The largest absolute Gasteiger partial charge is 0.309 e. The molecule has 0 atom stereocenters. The van der Waals surface area contributed by atoms with Crippen molar-refractivity contribution >= 4 is 43.6 Å². The van der Waals surface area contributed by atoms with E-state index >= 15 is 0 Å². The molecule has 3 aromatic heterocycles. The molecule has 0 aliphatic rings. The van der Waals surface area contributed by atoms with Crippen LogP contribution in [0.25, 0.3) is 55.2 Å². The molecule has 0 N–H and O–H groups in total. The number of fused-ring (bicyclic) bond motifs is 6. The summed E-state index contributed by atoms with van der Waals surface area (Å²) < 4.78 is 4.51. The first-order valence-corrected chi connectivity index (χ1v) is 10.7. The number of aromatic nitrogens is 4. The van der Waals surface area contributed by atoms with Gasteiger partial charge in [0.2, 0.25) is 5.95 Å². The molecule has 0 spiro atoms. The normalized spacial score (nSPS) is 11.8. The Morgan fingerprint density at radius 1 is 0.438 bits per heavy atom. The van der Waals surface area contributed by atoms with Crippen molar-refractivity contribution in [3.05, 3.63) is 109 Å². The number of hydrogen-bond acceptors (Lipinski definition) is 2. The van der Waals surface area contributed by atoms with Crippen molar-refractivity contribution in [1.82, 2.24) is 19.1 Å². The summed E-state index contributed by atoms with van der Waals surface area (Å²) in [7, 11) is 0. The van der Waals surface area contributed by atoms with Gasteiger partial charge in [-0.05, 0) is 42.5 Å². The van der Waals surface area contributed by atoms with E-state index in [9.17, 15) is 0 Å². The minimum absolute atomic E-state index is 0.681. The molecule has 0 fully saturated rings. The standard InChI is InChI=1S/C28H18N4/c1-2-9-19(10-3-1)31-24-13-6-4-11-20(24)22-17-23-21-12-5-7-14-25(21)32(27(23)18-26(22)31)28-29-15-8-16-30-28/h1-18H. The summed E-state index contributed by atoms with van der Waals surface area (Å²) >= 11 is 0. The predicted molar refractivity (Wildman–Crippen MR) is 131 cm³/mol. The van der Waals surface area contributed by atoms with Crippen molar-refractivity contribution in [2.75, 3.05) is 0 Å². The highest BCUT2D eigenvalue weighted by molar-refractivity contribution is 6.19. The Morgan fingerprint density at radius 2 is 1.00 bits per heavy atom. The Labute approximate surface area is 184 Å². The second-order valence-electron chi connectivity index (χ2n) is 7.98. The Kier molecular flexibility index (Phi) is 3.52. The van der Waals surface area contributed by atoms with Crippen LogP contribution in [0.3, 0.4) is 0 Å². The minimum Gasteiger partial charge on any atom is -0.309 e. The van der Waals surface area contributed by atoms with E-state index in [1.165, 1.54) is 32.6 Å². The lowest BCUT2D eigenvalue weighted by Crippen LogP contribution is -2.00. The van der Waals surface area contributed by atoms with Gasteiger partial charge in [-0.3, -0.25) is 4.57 Å². The molecule has 150 valence electrons. The molecule has 0 amide bonds. The van der Waals surface area contributed by atoms with Gasteiger partial charge in [0.1, 0.15) is 0 Å². The molecule has 4 aromatic carbocycles. The van der Waals surface area contributed by atoms with Crippen LogP contribution in [0, 0.1) is 0 Å². The van der Waals surface area contributed by atoms with Gasteiger partial charge in [0, 0.05) is 39.6 Å². The zero-order chi connectivity index (χ0) is 21.1. The summed E-state index contributed by atoms with van der Waals surface area (Å²) in [5.74, 6) is 0.681. The van der Waals surface area contributed by atoms with Crippen LogP contribution >= 0.6 is 0 Å².